The maximum Gasteiger partial charge on any atom is 0.191 e. The van der Waals surface area contributed by atoms with Gasteiger partial charge in [-0.25, -0.2) is 4.98 Å². The van der Waals surface area contributed by atoms with Gasteiger partial charge >= 0.3 is 0 Å². The van der Waals surface area contributed by atoms with Gasteiger partial charge in [-0.15, -0.1) is 11.3 Å². The molecule has 84 valence electrons. The molecule has 0 spiro atoms. The lowest BCUT2D eigenvalue weighted by Crippen LogP contribution is -2.01. The Kier molecular flexibility index (Phi) is 4.45. The third kappa shape index (κ3) is 3.74. The van der Waals surface area contributed by atoms with Crippen molar-refractivity contribution < 1.29 is 4.79 Å². The zero-order chi connectivity index (χ0) is 11.4. The first kappa shape index (κ1) is 12.4. The quantitative estimate of drug-likeness (QED) is 0.712. The van der Waals surface area contributed by atoms with E-state index in [-0.39, 0.29) is 5.78 Å². The summed E-state index contributed by atoms with van der Waals surface area (Å²) in [6.45, 7) is 8.46. The number of hydrogen-bond donors (Lipinski definition) is 0. The first-order chi connectivity index (χ1) is 7.00. The number of nitrogens with zero attached hydrogens (tertiary/aromatic N) is 1. The molecule has 0 saturated carbocycles. The van der Waals surface area contributed by atoms with Crippen LogP contribution in [0.2, 0.25) is 0 Å². The Balaban J connectivity index is 2.58. The van der Waals surface area contributed by atoms with E-state index in [1.165, 1.54) is 11.3 Å². The molecule has 0 fully saturated rings. The normalized spacial score (nSPS) is 11.3. The summed E-state index contributed by atoms with van der Waals surface area (Å²) in [7, 11) is 0. The van der Waals surface area contributed by atoms with Crippen LogP contribution in [0.4, 0.5) is 0 Å². The number of Topliss-reactive ketones (excluding diaryl/α,β-unsaturated/α-hetero) is 1. The Morgan fingerprint density at radius 1 is 1.40 bits per heavy atom. The highest BCUT2D eigenvalue weighted by Gasteiger charge is 2.12. The van der Waals surface area contributed by atoms with Crippen molar-refractivity contribution in [1.29, 1.82) is 0 Å². The van der Waals surface area contributed by atoms with E-state index in [4.69, 9.17) is 0 Å². The molecule has 0 aromatic carbocycles. The molecule has 0 atom stereocenters. The average Bonchev–Trinajstić information content (AvgIpc) is 2.62. The zero-order valence-electron chi connectivity index (χ0n) is 9.91. The molecule has 15 heavy (non-hydrogen) atoms. The molecular weight excluding hydrogens is 206 g/mol. The first-order valence-electron chi connectivity index (χ1n) is 5.49. The van der Waals surface area contributed by atoms with Gasteiger partial charge in [0.05, 0.1) is 5.69 Å². The SMILES string of the molecule is CC(C)CCC(=O)c1nc(C(C)C)cs1. The largest absolute Gasteiger partial charge is 0.292 e. The van der Waals surface area contributed by atoms with Crippen LogP contribution >= 0.6 is 11.3 Å². The van der Waals surface area contributed by atoms with E-state index >= 15 is 0 Å². The van der Waals surface area contributed by atoms with Crippen LogP contribution in [-0.2, 0) is 0 Å². The van der Waals surface area contributed by atoms with E-state index in [0.717, 1.165) is 12.1 Å². The Morgan fingerprint density at radius 3 is 2.53 bits per heavy atom. The van der Waals surface area contributed by atoms with Gasteiger partial charge in [0.25, 0.3) is 0 Å². The van der Waals surface area contributed by atoms with E-state index < -0.39 is 0 Å². The molecule has 0 aliphatic heterocycles. The van der Waals surface area contributed by atoms with E-state index in [1.807, 2.05) is 5.38 Å². The molecule has 0 bridgehead atoms. The summed E-state index contributed by atoms with van der Waals surface area (Å²) in [6, 6.07) is 0. The second-order valence-electron chi connectivity index (χ2n) is 4.59. The fourth-order valence-corrected chi connectivity index (χ4v) is 2.15. The highest BCUT2D eigenvalue weighted by molar-refractivity contribution is 7.11. The molecule has 0 amide bonds. The van der Waals surface area contributed by atoms with Gasteiger partial charge in [0.1, 0.15) is 0 Å². The lowest BCUT2D eigenvalue weighted by atomic mass is 10.1. The van der Waals surface area contributed by atoms with E-state index in [1.54, 1.807) is 0 Å². The van der Waals surface area contributed by atoms with Gasteiger partial charge in [0.2, 0.25) is 0 Å². The second kappa shape index (κ2) is 5.40. The van der Waals surface area contributed by atoms with E-state index in [9.17, 15) is 4.79 Å². The van der Waals surface area contributed by atoms with Crippen molar-refractivity contribution in [3.05, 3.63) is 16.1 Å². The molecule has 0 radical (unpaired) electrons. The molecule has 1 aromatic rings. The minimum Gasteiger partial charge on any atom is -0.292 e. The van der Waals surface area contributed by atoms with Gasteiger partial charge in [-0.2, -0.15) is 0 Å². The lowest BCUT2D eigenvalue weighted by molar-refractivity contribution is 0.0975. The van der Waals surface area contributed by atoms with Crippen molar-refractivity contribution in [2.45, 2.75) is 46.5 Å². The van der Waals surface area contributed by atoms with Gasteiger partial charge in [0, 0.05) is 11.8 Å². The summed E-state index contributed by atoms with van der Waals surface area (Å²) in [5.74, 6) is 1.19. The van der Waals surface area contributed by atoms with Crippen molar-refractivity contribution in [3.8, 4) is 0 Å². The van der Waals surface area contributed by atoms with Gasteiger partial charge < -0.3 is 0 Å². The topological polar surface area (TPSA) is 30.0 Å². The number of carbonyl (C=O) groups excluding carboxylic acids is 1. The number of aromatic nitrogens is 1. The summed E-state index contributed by atoms with van der Waals surface area (Å²) in [6.07, 6.45) is 1.58. The predicted molar refractivity (Wildman–Crippen MR) is 64.6 cm³/mol. The minimum atomic E-state index is 0.195. The number of carbonyl (C=O) groups is 1. The second-order valence-corrected chi connectivity index (χ2v) is 5.45. The molecule has 0 aliphatic rings. The Bertz CT molecular complexity index is 328. The molecule has 1 rings (SSSR count). The number of rotatable bonds is 5. The fourth-order valence-electron chi connectivity index (χ4n) is 1.21. The first-order valence-corrected chi connectivity index (χ1v) is 6.37. The molecule has 0 aliphatic carbocycles. The Morgan fingerprint density at radius 2 is 2.07 bits per heavy atom. The van der Waals surface area contributed by atoms with Crippen LogP contribution < -0.4 is 0 Å². The summed E-state index contributed by atoms with van der Waals surface area (Å²) in [5.41, 5.74) is 1.04. The Labute approximate surface area is 95.7 Å². The van der Waals surface area contributed by atoms with E-state index in [0.29, 0.717) is 23.3 Å². The van der Waals surface area contributed by atoms with Crippen LogP contribution in [0.25, 0.3) is 0 Å². The van der Waals surface area contributed by atoms with Gasteiger partial charge in [-0.05, 0) is 18.3 Å². The summed E-state index contributed by atoms with van der Waals surface area (Å²) in [4.78, 5) is 16.1. The van der Waals surface area contributed by atoms with Crippen molar-refractivity contribution in [2.75, 3.05) is 0 Å². The highest BCUT2D eigenvalue weighted by atomic mass is 32.1. The fraction of sp³-hybridized carbons (Fsp3) is 0.667. The zero-order valence-corrected chi connectivity index (χ0v) is 10.7. The third-order valence-corrected chi connectivity index (χ3v) is 3.20. The van der Waals surface area contributed by atoms with Crippen LogP contribution in [0.15, 0.2) is 5.38 Å². The van der Waals surface area contributed by atoms with Crippen molar-refractivity contribution in [2.24, 2.45) is 5.92 Å². The standard InChI is InChI=1S/C12H19NOS/c1-8(2)5-6-11(14)12-13-10(7-15-12)9(3)4/h7-9H,5-6H2,1-4H3. The van der Waals surface area contributed by atoms with Crippen LogP contribution in [0, 0.1) is 5.92 Å². The lowest BCUT2D eigenvalue weighted by Gasteiger charge is -2.01. The van der Waals surface area contributed by atoms with Crippen LogP contribution in [0.3, 0.4) is 0 Å². The van der Waals surface area contributed by atoms with Gasteiger partial charge in [-0.1, -0.05) is 27.7 Å². The van der Waals surface area contributed by atoms with Crippen LogP contribution in [-0.4, -0.2) is 10.8 Å². The van der Waals surface area contributed by atoms with Crippen LogP contribution in [0.1, 0.15) is 62.0 Å². The predicted octanol–water partition coefficient (Wildman–Crippen LogP) is 3.89. The van der Waals surface area contributed by atoms with Crippen LogP contribution in [0.5, 0.6) is 0 Å². The van der Waals surface area contributed by atoms with Gasteiger partial charge in [0.15, 0.2) is 10.8 Å². The average molecular weight is 225 g/mol. The summed E-state index contributed by atoms with van der Waals surface area (Å²) in [5, 5.41) is 2.67. The summed E-state index contributed by atoms with van der Waals surface area (Å²) < 4.78 is 0. The molecule has 0 N–H and O–H groups in total. The molecule has 1 aromatic heterocycles. The van der Waals surface area contributed by atoms with Gasteiger partial charge in [-0.3, -0.25) is 4.79 Å². The van der Waals surface area contributed by atoms with E-state index in [2.05, 4.69) is 32.7 Å². The third-order valence-electron chi connectivity index (χ3n) is 2.30. The summed E-state index contributed by atoms with van der Waals surface area (Å²) >= 11 is 1.48. The highest BCUT2D eigenvalue weighted by Crippen LogP contribution is 2.19. The van der Waals surface area contributed by atoms with Crippen molar-refractivity contribution in [1.82, 2.24) is 4.98 Å². The molecule has 3 heteroatoms. The monoisotopic (exact) mass is 225 g/mol. The molecule has 2 nitrogen and oxygen atoms in total. The molecule has 0 unspecified atom stereocenters. The molecule has 0 saturated heterocycles. The smallest absolute Gasteiger partial charge is 0.191 e. The molecular formula is C12H19NOS. The number of thiazole rings is 1. The maximum atomic E-state index is 11.7. The minimum absolute atomic E-state index is 0.195. The maximum absolute atomic E-state index is 11.7. The van der Waals surface area contributed by atoms with Crippen molar-refractivity contribution in [3.63, 3.8) is 0 Å². The Hall–Kier alpha value is -0.700. The number of ketones is 1. The van der Waals surface area contributed by atoms with Crippen molar-refractivity contribution >= 4 is 17.1 Å². The number of hydrogen-bond acceptors (Lipinski definition) is 3. The molecule has 1 heterocycles.